The standard InChI is InChI=1S/C15H16ClFN4O2/c1-4-23-15-18-8-11(13(20-15)21(2)3)19-14(22)12-9(16)6-5-7-10(12)17/h5-8H,4H2,1-3H3,(H,19,22). The summed E-state index contributed by atoms with van der Waals surface area (Å²) in [6, 6.07) is 4.24. The Morgan fingerprint density at radius 1 is 1.43 bits per heavy atom. The van der Waals surface area contributed by atoms with Crippen LogP contribution in [-0.4, -0.2) is 36.6 Å². The van der Waals surface area contributed by atoms with E-state index in [-0.39, 0.29) is 16.6 Å². The van der Waals surface area contributed by atoms with Crippen LogP contribution < -0.4 is 15.0 Å². The lowest BCUT2D eigenvalue weighted by Crippen LogP contribution is -2.19. The molecule has 1 aromatic heterocycles. The van der Waals surface area contributed by atoms with E-state index in [1.165, 1.54) is 24.4 Å². The molecule has 0 fully saturated rings. The van der Waals surface area contributed by atoms with Crippen molar-refractivity contribution in [3.05, 3.63) is 40.8 Å². The molecule has 0 aliphatic carbocycles. The largest absolute Gasteiger partial charge is 0.464 e. The van der Waals surface area contributed by atoms with Gasteiger partial charge in [0, 0.05) is 14.1 Å². The van der Waals surface area contributed by atoms with E-state index in [1.54, 1.807) is 19.0 Å². The molecule has 2 aromatic rings. The summed E-state index contributed by atoms with van der Waals surface area (Å²) in [5, 5.41) is 2.60. The Balaban J connectivity index is 2.34. The maximum atomic E-state index is 13.8. The normalized spacial score (nSPS) is 10.3. The second kappa shape index (κ2) is 7.23. The molecule has 0 aliphatic heterocycles. The average molecular weight is 339 g/mol. The molecule has 0 saturated carbocycles. The van der Waals surface area contributed by atoms with Crippen LogP contribution >= 0.6 is 11.6 Å². The summed E-state index contributed by atoms with van der Waals surface area (Å²) in [5.74, 6) is -0.943. The molecular formula is C15H16ClFN4O2. The molecule has 122 valence electrons. The van der Waals surface area contributed by atoms with E-state index in [9.17, 15) is 9.18 Å². The molecule has 1 N–H and O–H groups in total. The van der Waals surface area contributed by atoms with Gasteiger partial charge in [0.25, 0.3) is 5.91 Å². The molecule has 0 radical (unpaired) electrons. The summed E-state index contributed by atoms with van der Waals surface area (Å²) < 4.78 is 19.1. The number of halogens is 2. The number of amides is 1. The predicted octanol–water partition coefficient (Wildman–Crippen LogP) is 2.99. The number of ether oxygens (including phenoxy) is 1. The number of nitrogens with zero attached hydrogens (tertiary/aromatic N) is 3. The number of aromatic nitrogens is 2. The van der Waals surface area contributed by atoms with Crippen molar-refractivity contribution >= 4 is 29.0 Å². The van der Waals surface area contributed by atoms with Crippen molar-refractivity contribution in [2.24, 2.45) is 0 Å². The van der Waals surface area contributed by atoms with E-state index in [0.29, 0.717) is 18.1 Å². The molecule has 0 aliphatic rings. The maximum absolute atomic E-state index is 13.8. The van der Waals surface area contributed by atoms with E-state index in [2.05, 4.69) is 15.3 Å². The summed E-state index contributed by atoms with van der Waals surface area (Å²) in [7, 11) is 3.51. The molecule has 0 unspecified atom stereocenters. The van der Waals surface area contributed by atoms with Crippen LogP contribution in [0, 0.1) is 5.82 Å². The van der Waals surface area contributed by atoms with Gasteiger partial charge in [0.15, 0.2) is 5.82 Å². The van der Waals surface area contributed by atoms with Crippen LogP contribution in [0.15, 0.2) is 24.4 Å². The Kier molecular flexibility index (Phi) is 5.33. The van der Waals surface area contributed by atoms with E-state index in [4.69, 9.17) is 16.3 Å². The van der Waals surface area contributed by atoms with Crippen molar-refractivity contribution in [1.82, 2.24) is 9.97 Å². The monoisotopic (exact) mass is 338 g/mol. The fraction of sp³-hybridized carbons (Fsp3) is 0.267. The van der Waals surface area contributed by atoms with Crippen LogP contribution in [0.3, 0.4) is 0 Å². The van der Waals surface area contributed by atoms with Crippen LogP contribution in [0.25, 0.3) is 0 Å². The van der Waals surface area contributed by atoms with Gasteiger partial charge in [0.05, 0.1) is 23.4 Å². The van der Waals surface area contributed by atoms with Crippen molar-refractivity contribution in [3.8, 4) is 6.01 Å². The molecule has 1 amide bonds. The van der Waals surface area contributed by atoms with E-state index in [1.807, 2.05) is 6.92 Å². The third-order valence-electron chi connectivity index (χ3n) is 2.88. The topological polar surface area (TPSA) is 67.3 Å². The Labute approximate surface area is 138 Å². The van der Waals surface area contributed by atoms with E-state index < -0.39 is 11.7 Å². The van der Waals surface area contributed by atoms with Gasteiger partial charge in [-0.3, -0.25) is 4.79 Å². The highest BCUT2D eigenvalue weighted by Crippen LogP contribution is 2.25. The molecule has 1 heterocycles. The zero-order valence-electron chi connectivity index (χ0n) is 12.9. The highest BCUT2D eigenvalue weighted by Gasteiger charge is 2.19. The minimum Gasteiger partial charge on any atom is -0.464 e. The Hall–Kier alpha value is -2.41. The fourth-order valence-electron chi connectivity index (χ4n) is 1.88. The van der Waals surface area contributed by atoms with Gasteiger partial charge in [-0.25, -0.2) is 9.37 Å². The zero-order valence-corrected chi connectivity index (χ0v) is 13.7. The molecule has 0 spiro atoms. The van der Waals surface area contributed by atoms with Gasteiger partial charge in [-0.2, -0.15) is 4.98 Å². The maximum Gasteiger partial charge on any atom is 0.318 e. The van der Waals surface area contributed by atoms with Crippen molar-refractivity contribution in [2.75, 3.05) is 30.9 Å². The number of hydrogen-bond acceptors (Lipinski definition) is 5. The van der Waals surface area contributed by atoms with Crippen LogP contribution in [0.4, 0.5) is 15.9 Å². The third-order valence-corrected chi connectivity index (χ3v) is 3.20. The van der Waals surface area contributed by atoms with Crippen LogP contribution in [-0.2, 0) is 0 Å². The number of anilines is 2. The Morgan fingerprint density at radius 3 is 2.78 bits per heavy atom. The summed E-state index contributed by atoms with van der Waals surface area (Å²) in [5.41, 5.74) is 0.0931. The summed E-state index contributed by atoms with van der Waals surface area (Å²) in [4.78, 5) is 22.2. The SMILES string of the molecule is CCOc1ncc(NC(=O)c2c(F)cccc2Cl)c(N(C)C)n1. The molecule has 23 heavy (non-hydrogen) atoms. The Bertz CT molecular complexity index is 704. The van der Waals surface area contributed by atoms with Crippen molar-refractivity contribution in [3.63, 3.8) is 0 Å². The first-order chi connectivity index (χ1) is 10.9. The quantitative estimate of drug-likeness (QED) is 0.907. The fourth-order valence-corrected chi connectivity index (χ4v) is 2.13. The molecule has 2 rings (SSSR count). The molecule has 1 aromatic carbocycles. The van der Waals surface area contributed by atoms with Crippen LogP contribution in [0.1, 0.15) is 17.3 Å². The first kappa shape index (κ1) is 17.0. The van der Waals surface area contributed by atoms with Gasteiger partial charge < -0.3 is 15.0 Å². The highest BCUT2D eigenvalue weighted by molar-refractivity contribution is 6.34. The van der Waals surface area contributed by atoms with E-state index in [0.717, 1.165) is 0 Å². The second-order valence-electron chi connectivity index (χ2n) is 4.77. The van der Waals surface area contributed by atoms with Gasteiger partial charge >= 0.3 is 6.01 Å². The minimum atomic E-state index is -0.701. The van der Waals surface area contributed by atoms with E-state index >= 15 is 0 Å². The van der Waals surface area contributed by atoms with Crippen molar-refractivity contribution in [2.45, 2.75) is 6.92 Å². The lowest BCUT2D eigenvalue weighted by atomic mass is 10.2. The third kappa shape index (κ3) is 3.87. The highest BCUT2D eigenvalue weighted by atomic mass is 35.5. The van der Waals surface area contributed by atoms with Gasteiger partial charge in [-0.15, -0.1) is 0 Å². The van der Waals surface area contributed by atoms with Gasteiger partial charge in [-0.05, 0) is 19.1 Å². The van der Waals surface area contributed by atoms with Gasteiger partial charge in [0.1, 0.15) is 11.5 Å². The lowest BCUT2D eigenvalue weighted by Gasteiger charge is -2.17. The average Bonchev–Trinajstić information content (AvgIpc) is 2.48. The number of hydrogen-bond donors (Lipinski definition) is 1. The predicted molar refractivity (Wildman–Crippen MR) is 86.9 cm³/mol. The first-order valence-electron chi connectivity index (χ1n) is 6.86. The molecule has 6 nitrogen and oxygen atoms in total. The van der Waals surface area contributed by atoms with Crippen LogP contribution in [0.2, 0.25) is 5.02 Å². The molecule has 8 heteroatoms. The molecule has 0 bridgehead atoms. The Morgan fingerprint density at radius 2 is 2.17 bits per heavy atom. The number of nitrogens with one attached hydrogen (secondary N) is 1. The van der Waals surface area contributed by atoms with Crippen molar-refractivity contribution < 1.29 is 13.9 Å². The zero-order chi connectivity index (χ0) is 17.0. The van der Waals surface area contributed by atoms with Gasteiger partial charge in [0.2, 0.25) is 0 Å². The summed E-state index contributed by atoms with van der Waals surface area (Å²) >= 11 is 5.90. The summed E-state index contributed by atoms with van der Waals surface area (Å²) in [6.45, 7) is 2.23. The minimum absolute atomic E-state index is 0.0285. The number of carbonyl (C=O) groups excluding carboxylic acids is 1. The number of benzene rings is 1. The molecule has 0 atom stereocenters. The summed E-state index contributed by atoms with van der Waals surface area (Å²) in [6.07, 6.45) is 1.40. The van der Waals surface area contributed by atoms with Crippen LogP contribution in [0.5, 0.6) is 6.01 Å². The first-order valence-corrected chi connectivity index (χ1v) is 7.24. The lowest BCUT2D eigenvalue weighted by molar-refractivity contribution is 0.102. The number of carbonyl (C=O) groups is 1. The molecule has 0 saturated heterocycles. The number of rotatable bonds is 5. The smallest absolute Gasteiger partial charge is 0.318 e. The van der Waals surface area contributed by atoms with Gasteiger partial charge in [-0.1, -0.05) is 17.7 Å². The van der Waals surface area contributed by atoms with Crippen molar-refractivity contribution in [1.29, 1.82) is 0 Å². The second-order valence-corrected chi connectivity index (χ2v) is 5.18. The molecular weight excluding hydrogens is 323 g/mol.